The lowest BCUT2D eigenvalue weighted by Crippen LogP contribution is -2.49. The number of nitrogens with two attached hydrogens (primary N) is 1. The number of primary amides is 1. The number of carbonyl (C=O) groups excluding carboxylic acids is 2. The van der Waals surface area contributed by atoms with Gasteiger partial charge in [0, 0.05) is 13.6 Å². The van der Waals surface area contributed by atoms with Gasteiger partial charge in [-0.15, -0.1) is 0 Å². The van der Waals surface area contributed by atoms with Crippen LogP contribution in [0.3, 0.4) is 0 Å². The topological polar surface area (TPSA) is 131 Å². The summed E-state index contributed by atoms with van der Waals surface area (Å²) >= 11 is 0. The molecule has 9 nitrogen and oxygen atoms in total. The molecule has 1 aliphatic rings. The lowest BCUT2D eigenvalue weighted by atomic mass is 10.0. The average molecular weight is 289 g/mol. The minimum Gasteiger partial charge on any atom is -0.481 e. The molecule has 1 saturated heterocycles. The molecule has 0 radical (unpaired) electrons. The fourth-order valence-corrected chi connectivity index (χ4v) is 1.84. The predicted octanol–water partition coefficient (Wildman–Crippen LogP) is -1.77. The van der Waals surface area contributed by atoms with Crippen LogP contribution in [-0.2, 0) is 19.1 Å². The summed E-state index contributed by atoms with van der Waals surface area (Å²) in [6.45, 7) is 0.426. The summed E-state index contributed by atoms with van der Waals surface area (Å²) in [7, 11) is 1.51. The molecule has 0 aliphatic carbocycles. The van der Waals surface area contributed by atoms with E-state index in [1.807, 2.05) is 0 Å². The van der Waals surface area contributed by atoms with Crippen molar-refractivity contribution in [1.29, 1.82) is 0 Å². The zero-order chi connectivity index (χ0) is 15.1. The summed E-state index contributed by atoms with van der Waals surface area (Å²) in [4.78, 5) is 34.5. The summed E-state index contributed by atoms with van der Waals surface area (Å²) in [5, 5.41) is 11.6. The molecule has 0 spiro atoms. The second-order valence-electron chi connectivity index (χ2n) is 4.41. The van der Waals surface area contributed by atoms with Crippen LogP contribution in [0, 0.1) is 5.92 Å². The van der Waals surface area contributed by atoms with Crippen LogP contribution in [0.5, 0.6) is 0 Å². The molecule has 0 aromatic heterocycles. The molecule has 0 aromatic rings. The first-order valence-electron chi connectivity index (χ1n) is 6.10. The van der Waals surface area contributed by atoms with Crippen LogP contribution in [-0.4, -0.2) is 74.0 Å². The van der Waals surface area contributed by atoms with E-state index in [0.717, 1.165) is 0 Å². The zero-order valence-corrected chi connectivity index (χ0v) is 11.2. The number of carboxylic acid groups (broad SMARTS) is 1. The third-order valence-electron chi connectivity index (χ3n) is 2.95. The molecule has 3 amide bonds. The Morgan fingerprint density at radius 3 is 2.75 bits per heavy atom. The molecule has 0 aromatic carbocycles. The number of hydrogen-bond donors (Lipinski definition) is 3. The highest BCUT2D eigenvalue weighted by molar-refractivity contribution is 5.77. The maximum Gasteiger partial charge on any atom is 0.317 e. The van der Waals surface area contributed by atoms with Crippen molar-refractivity contribution in [2.24, 2.45) is 11.7 Å². The normalized spacial score (nSPS) is 21.4. The molecule has 2 unspecified atom stereocenters. The second-order valence-corrected chi connectivity index (χ2v) is 4.41. The lowest BCUT2D eigenvalue weighted by molar-refractivity contribution is -0.142. The van der Waals surface area contributed by atoms with E-state index in [2.05, 4.69) is 5.32 Å². The summed E-state index contributed by atoms with van der Waals surface area (Å²) in [6.07, 6.45) is 0. The first-order valence-corrected chi connectivity index (χ1v) is 6.10. The van der Waals surface area contributed by atoms with Gasteiger partial charge in [-0.3, -0.25) is 9.59 Å². The third-order valence-corrected chi connectivity index (χ3v) is 2.95. The molecule has 4 N–H and O–H groups in total. The van der Waals surface area contributed by atoms with Crippen molar-refractivity contribution in [2.45, 2.75) is 6.04 Å². The number of amides is 3. The summed E-state index contributed by atoms with van der Waals surface area (Å²) in [5.41, 5.74) is 4.88. The molecular formula is C11H19N3O6. The van der Waals surface area contributed by atoms with E-state index >= 15 is 0 Å². The molecule has 0 bridgehead atoms. The highest BCUT2D eigenvalue weighted by Crippen LogP contribution is 2.18. The first-order chi connectivity index (χ1) is 9.43. The molecule has 1 heterocycles. The Balaban J connectivity index is 2.31. The number of hydrogen-bond acceptors (Lipinski definition) is 5. The van der Waals surface area contributed by atoms with Gasteiger partial charge in [0.05, 0.1) is 25.9 Å². The minimum atomic E-state index is -0.989. The van der Waals surface area contributed by atoms with E-state index < -0.39 is 29.9 Å². The van der Waals surface area contributed by atoms with Crippen LogP contribution < -0.4 is 11.1 Å². The van der Waals surface area contributed by atoms with Crippen LogP contribution in [0.4, 0.5) is 4.79 Å². The molecule has 1 aliphatic heterocycles. The van der Waals surface area contributed by atoms with Gasteiger partial charge >= 0.3 is 12.0 Å². The number of carboxylic acids is 1. The molecule has 1 rings (SSSR count). The number of aliphatic carboxylic acids is 1. The standard InChI is InChI=1S/C11H19N3O6/c1-14(8-5-20-4-7(8)10(16)17)11(18)13-2-3-19-6-9(12)15/h7-8H,2-6H2,1H3,(H2,12,15)(H,13,18)(H,16,17). The van der Waals surface area contributed by atoms with E-state index in [1.165, 1.54) is 11.9 Å². The Kier molecular flexibility index (Phi) is 6.19. The number of ether oxygens (including phenoxy) is 2. The van der Waals surface area contributed by atoms with Crippen LogP contribution in [0.2, 0.25) is 0 Å². The zero-order valence-electron chi connectivity index (χ0n) is 11.2. The van der Waals surface area contributed by atoms with Crippen molar-refractivity contribution in [1.82, 2.24) is 10.2 Å². The largest absolute Gasteiger partial charge is 0.481 e. The van der Waals surface area contributed by atoms with Crippen molar-refractivity contribution in [3.05, 3.63) is 0 Å². The van der Waals surface area contributed by atoms with Crippen LogP contribution in [0.1, 0.15) is 0 Å². The van der Waals surface area contributed by atoms with E-state index in [1.54, 1.807) is 0 Å². The Labute approximate surface area is 116 Å². The van der Waals surface area contributed by atoms with Gasteiger partial charge in [-0.2, -0.15) is 0 Å². The second kappa shape index (κ2) is 7.65. The number of urea groups is 1. The number of nitrogens with one attached hydrogen (secondary N) is 1. The fourth-order valence-electron chi connectivity index (χ4n) is 1.84. The smallest absolute Gasteiger partial charge is 0.317 e. The number of carbonyl (C=O) groups is 3. The lowest BCUT2D eigenvalue weighted by Gasteiger charge is -2.26. The Hall–Kier alpha value is -1.87. The third kappa shape index (κ3) is 4.67. The van der Waals surface area contributed by atoms with Crippen molar-refractivity contribution >= 4 is 17.9 Å². The van der Waals surface area contributed by atoms with Crippen molar-refractivity contribution in [3.63, 3.8) is 0 Å². The average Bonchev–Trinajstić information content (AvgIpc) is 2.86. The van der Waals surface area contributed by atoms with Gasteiger partial charge in [-0.25, -0.2) is 4.79 Å². The SMILES string of the molecule is CN(C(=O)NCCOCC(N)=O)C1COCC1C(=O)O. The van der Waals surface area contributed by atoms with Gasteiger partial charge < -0.3 is 30.5 Å². The fraction of sp³-hybridized carbons (Fsp3) is 0.727. The van der Waals surface area contributed by atoms with Gasteiger partial charge in [0.15, 0.2) is 0 Å². The van der Waals surface area contributed by atoms with E-state index in [-0.39, 0.29) is 33.0 Å². The molecule has 0 saturated carbocycles. The number of rotatable bonds is 7. The van der Waals surface area contributed by atoms with E-state index in [9.17, 15) is 14.4 Å². The van der Waals surface area contributed by atoms with Gasteiger partial charge in [0.1, 0.15) is 12.5 Å². The van der Waals surface area contributed by atoms with Crippen molar-refractivity contribution < 1.29 is 29.0 Å². The van der Waals surface area contributed by atoms with Gasteiger partial charge in [0.2, 0.25) is 5.91 Å². The van der Waals surface area contributed by atoms with Crippen LogP contribution in [0.25, 0.3) is 0 Å². The predicted molar refractivity (Wildman–Crippen MR) is 66.9 cm³/mol. The van der Waals surface area contributed by atoms with Gasteiger partial charge in [-0.1, -0.05) is 0 Å². The van der Waals surface area contributed by atoms with Crippen LogP contribution in [0.15, 0.2) is 0 Å². The maximum atomic E-state index is 11.8. The van der Waals surface area contributed by atoms with Gasteiger partial charge in [-0.05, 0) is 0 Å². The summed E-state index contributed by atoms with van der Waals surface area (Å²) in [5.74, 6) is -2.30. The Morgan fingerprint density at radius 1 is 1.45 bits per heavy atom. The molecular weight excluding hydrogens is 270 g/mol. The van der Waals surface area contributed by atoms with E-state index in [4.69, 9.17) is 20.3 Å². The van der Waals surface area contributed by atoms with Crippen LogP contribution >= 0.6 is 0 Å². The molecule has 1 fully saturated rings. The van der Waals surface area contributed by atoms with E-state index in [0.29, 0.717) is 0 Å². The van der Waals surface area contributed by atoms with Crippen molar-refractivity contribution in [2.75, 3.05) is 40.0 Å². The Morgan fingerprint density at radius 2 is 2.15 bits per heavy atom. The van der Waals surface area contributed by atoms with Gasteiger partial charge in [0.25, 0.3) is 0 Å². The first kappa shape index (κ1) is 16.2. The summed E-state index contributed by atoms with van der Waals surface area (Å²) < 4.78 is 9.98. The van der Waals surface area contributed by atoms with Crippen molar-refractivity contribution in [3.8, 4) is 0 Å². The monoisotopic (exact) mass is 289 g/mol. The molecule has 9 heteroatoms. The quantitative estimate of drug-likeness (QED) is 0.475. The Bertz CT molecular complexity index is 375. The highest BCUT2D eigenvalue weighted by atomic mass is 16.5. The maximum absolute atomic E-state index is 11.8. The number of likely N-dealkylation sites (N-methyl/N-ethyl adjacent to an activating group) is 1. The number of nitrogens with zero attached hydrogens (tertiary/aromatic N) is 1. The molecule has 20 heavy (non-hydrogen) atoms. The minimum absolute atomic E-state index is 0.0966. The highest BCUT2D eigenvalue weighted by Gasteiger charge is 2.38. The molecule has 114 valence electrons. The molecule has 2 atom stereocenters. The summed E-state index contributed by atoms with van der Waals surface area (Å²) in [6, 6.07) is -0.923.